The smallest absolute Gasteiger partial charge is 0.254 e. The van der Waals surface area contributed by atoms with Crippen molar-refractivity contribution in [1.82, 2.24) is 4.90 Å². The Bertz CT molecular complexity index is 1060. The fraction of sp³-hybridized carbons (Fsp3) is 0.208. The molecule has 5 nitrogen and oxygen atoms in total. The Morgan fingerprint density at radius 2 is 1.57 bits per heavy atom. The number of benzene rings is 3. The van der Waals surface area contributed by atoms with Gasteiger partial charge >= 0.3 is 0 Å². The summed E-state index contributed by atoms with van der Waals surface area (Å²) in [6, 6.07) is 18.4. The summed E-state index contributed by atoms with van der Waals surface area (Å²) in [4.78, 5) is 41.3. The second-order valence-electron chi connectivity index (χ2n) is 6.45. The summed E-state index contributed by atoms with van der Waals surface area (Å²) in [6.45, 7) is 6.43. The predicted octanol–water partition coefficient (Wildman–Crippen LogP) is 4.56. The summed E-state index contributed by atoms with van der Waals surface area (Å²) < 4.78 is 0. The molecule has 3 amide bonds. The fourth-order valence-electron chi connectivity index (χ4n) is 3.34. The van der Waals surface area contributed by atoms with Gasteiger partial charge in [0, 0.05) is 62.8 Å². The number of imide groups is 1. The van der Waals surface area contributed by atoms with Crippen LogP contribution in [0.4, 0.5) is 5.69 Å². The Kier molecular flexibility index (Phi) is 8.05. The summed E-state index contributed by atoms with van der Waals surface area (Å²) in [6.07, 6.45) is 0. The molecule has 1 heterocycles. The molecule has 0 unspecified atom stereocenters. The van der Waals surface area contributed by atoms with Crippen LogP contribution in [-0.2, 0) is 32.7 Å². The Hall–Kier alpha value is -2.37. The standard InChI is InChI=1S/C22H17N2O3.C2H6.Y/c1-3-23(2)20(25)15-9-4-10-16(13-15)24-21(26)17-11-5-7-14-8-6-12-18(19(14)17)22(24)27;1-2;/h5-13H,3H2,1-2H3;1-2H3;/q-1;;. The minimum Gasteiger partial charge on any atom is -0.352 e. The number of carbonyl (C=O) groups excluding carboxylic acids is 3. The van der Waals surface area contributed by atoms with Crippen LogP contribution >= 0.6 is 0 Å². The molecule has 0 atom stereocenters. The van der Waals surface area contributed by atoms with Crippen molar-refractivity contribution in [3.63, 3.8) is 0 Å². The van der Waals surface area contributed by atoms with Gasteiger partial charge < -0.3 is 4.90 Å². The Balaban J connectivity index is 0.00000104. The molecule has 0 fully saturated rings. The topological polar surface area (TPSA) is 57.7 Å². The van der Waals surface area contributed by atoms with E-state index >= 15 is 0 Å². The van der Waals surface area contributed by atoms with Crippen molar-refractivity contribution in [2.75, 3.05) is 18.5 Å². The van der Waals surface area contributed by atoms with E-state index in [4.69, 9.17) is 0 Å². The molecule has 30 heavy (non-hydrogen) atoms. The largest absolute Gasteiger partial charge is 0.352 e. The summed E-state index contributed by atoms with van der Waals surface area (Å²) in [5, 5.41) is 1.53. The molecule has 0 saturated heterocycles. The van der Waals surface area contributed by atoms with Gasteiger partial charge in [-0.25, -0.2) is 0 Å². The molecule has 3 aromatic carbocycles. The van der Waals surface area contributed by atoms with Gasteiger partial charge in [0.2, 0.25) is 0 Å². The van der Waals surface area contributed by atoms with Crippen LogP contribution in [0.3, 0.4) is 0 Å². The molecule has 0 aliphatic carbocycles. The van der Waals surface area contributed by atoms with Gasteiger partial charge in [0.25, 0.3) is 11.8 Å². The molecule has 6 heteroatoms. The zero-order chi connectivity index (χ0) is 21.1. The minimum atomic E-state index is -0.397. The molecule has 3 aromatic rings. The van der Waals surface area contributed by atoms with Crippen molar-refractivity contribution < 1.29 is 47.1 Å². The summed E-state index contributed by atoms with van der Waals surface area (Å²) >= 11 is 0. The monoisotopic (exact) mass is 476 g/mol. The van der Waals surface area contributed by atoms with Crippen LogP contribution in [0.5, 0.6) is 0 Å². The first-order valence-corrected chi connectivity index (χ1v) is 9.70. The number of hydrogen-bond donors (Lipinski definition) is 0. The van der Waals surface area contributed by atoms with Crippen molar-refractivity contribution in [3.05, 3.63) is 77.4 Å². The first-order chi connectivity index (χ1) is 14.0. The number of hydrogen-bond acceptors (Lipinski definition) is 3. The third-order valence-corrected chi connectivity index (χ3v) is 4.87. The van der Waals surface area contributed by atoms with Crippen molar-refractivity contribution >= 4 is 34.2 Å². The van der Waals surface area contributed by atoms with Crippen molar-refractivity contribution in [2.24, 2.45) is 0 Å². The molecule has 0 saturated carbocycles. The zero-order valence-electron chi connectivity index (χ0n) is 17.6. The predicted molar refractivity (Wildman–Crippen MR) is 114 cm³/mol. The van der Waals surface area contributed by atoms with E-state index in [-0.39, 0.29) is 38.6 Å². The number of rotatable bonds is 3. The fourth-order valence-corrected chi connectivity index (χ4v) is 3.34. The van der Waals surface area contributed by atoms with Crippen LogP contribution in [0, 0.1) is 6.07 Å². The molecule has 4 rings (SSSR count). The molecule has 151 valence electrons. The maximum absolute atomic E-state index is 13.1. The summed E-state index contributed by atoms with van der Waals surface area (Å²) in [5.41, 5.74) is 1.68. The molecule has 0 bridgehead atoms. The van der Waals surface area contributed by atoms with E-state index in [0.29, 0.717) is 34.3 Å². The van der Waals surface area contributed by atoms with Crippen LogP contribution in [-0.4, -0.2) is 36.2 Å². The third-order valence-electron chi connectivity index (χ3n) is 4.87. The van der Waals surface area contributed by atoms with Gasteiger partial charge in [-0.15, -0.1) is 6.07 Å². The number of amides is 3. The molecule has 0 aromatic heterocycles. The molecular formula is C24H23N2O3Y-. The van der Waals surface area contributed by atoms with E-state index in [0.717, 1.165) is 10.3 Å². The molecule has 0 N–H and O–H groups in total. The maximum Gasteiger partial charge on any atom is 0.254 e. The van der Waals surface area contributed by atoms with Gasteiger partial charge in [0.05, 0.1) is 0 Å². The van der Waals surface area contributed by atoms with E-state index in [2.05, 4.69) is 6.07 Å². The first kappa shape index (κ1) is 23.9. The molecule has 0 spiro atoms. The van der Waals surface area contributed by atoms with E-state index in [1.165, 1.54) is 0 Å². The van der Waals surface area contributed by atoms with Gasteiger partial charge in [-0.1, -0.05) is 49.4 Å². The normalized spacial score (nSPS) is 12.1. The van der Waals surface area contributed by atoms with Gasteiger partial charge in [0.1, 0.15) is 0 Å². The van der Waals surface area contributed by atoms with E-state index in [9.17, 15) is 14.4 Å². The van der Waals surface area contributed by atoms with E-state index in [1.807, 2.05) is 32.9 Å². The second kappa shape index (κ2) is 10.1. The second-order valence-corrected chi connectivity index (χ2v) is 6.45. The van der Waals surface area contributed by atoms with Crippen LogP contribution < -0.4 is 4.90 Å². The molecule has 1 aliphatic rings. The van der Waals surface area contributed by atoms with Crippen LogP contribution in [0.15, 0.2) is 54.6 Å². The summed E-state index contributed by atoms with van der Waals surface area (Å²) in [5.74, 6) is -0.979. The van der Waals surface area contributed by atoms with Gasteiger partial charge in [-0.2, -0.15) is 18.2 Å². The van der Waals surface area contributed by atoms with Crippen LogP contribution in [0.25, 0.3) is 10.8 Å². The quantitative estimate of drug-likeness (QED) is 0.412. The molecule has 1 aliphatic heterocycles. The van der Waals surface area contributed by atoms with E-state index < -0.39 is 11.8 Å². The summed E-state index contributed by atoms with van der Waals surface area (Å²) in [7, 11) is 1.70. The maximum atomic E-state index is 13.1. The van der Waals surface area contributed by atoms with Gasteiger partial charge in [0.15, 0.2) is 5.91 Å². The third kappa shape index (κ3) is 4.09. The number of nitrogens with zero attached hydrogens (tertiary/aromatic N) is 2. The Labute approximate surface area is 201 Å². The van der Waals surface area contributed by atoms with Crippen molar-refractivity contribution in [1.29, 1.82) is 0 Å². The van der Waals surface area contributed by atoms with Crippen LogP contribution in [0.1, 0.15) is 51.8 Å². The number of anilines is 1. The Morgan fingerprint density at radius 3 is 2.10 bits per heavy atom. The van der Waals surface area contributed by atoms with Gasteiger partial charge in [-0.3, -0.25) is 19.3 Å². The minimum absolute atomic E-state index is 0. The zero-order valence-corrected chi connectivity index (χ0v) is 20.4. The average Bonchev–Trinajstić information content (AvgIpc) is 2.78. The SMILES string of the molecule is CC.CCN(C)C(=O)c1c[c-]cc(N2C(=O)c3cccc4cccc(c34)C2=O)c1.[Y]. The van der Waals surface area contributed by atoms with Gasteiger partial charge in [-0.05, 0) is 24.4 Å². The molecule has 1 radical (unpaired) electrons. The number of carbonyl (C=O) groups is 3. The van der Waals surface area contributed by atoms with Crippen molar-refractivity contribution in [2.45, 2.75) is 20.8 Å². The average molecular weight is 476 g/mol. The first-order valence-electron chi connectivity index (χ1n) is 9.70. The Morgan fingerprint density at radius 1 is 1.00 bits per heavy atom. The van der Waals surface area contributed by atoms with Crippen molar-refractivity contribution in [3.8, 4) is 0 Å². The van der Waals surface area contributed by atoms with Crippen LogP contribution in [0.2, 0.25) is 0 Å². The van der Waals surface area contributed by atoms with E-state index in [1.54, 1.807) is 54.4 Å². The molecular weight excluding hydrogens is 453 g/mol.